The van der Waals surface area contributed by atoms with E-state index in [1.165, 1.54) is 4.31 Å². The molecule has 2 rings (SSSR count). The fourth-order valence-corrected chi connectivity index (χ4v) is 3.39. The Morgan fingerprint density at radius 3 is 2.64 bits per heavy atom. The van der Waals surface area contributed by atoms with Gasteiger partial charge in [-0.25, -0.2) is 12.7 Å². The minimum absolute atomic E-state index is 0.150. The van der Waals surface area contributed by atoms with Crippen molar-refractivity contribution in [2.45, 2.75) is 13.5 Å². The minimum Gasteiger partial charge on any atom is -0.369 e. The predicted octanol–water partition coefficient (Wildman–Crippen LogP) is -0.431. The van der Waals surface area contributed by atoms with E-state index in [-0.39, 0.29) is 6.54 Å². The van der Waals surface area contributed by atoms with Gasteiger partial charge in [0, 0.05) is 44.6 Å². The van der Waals surface area contributed by atoms with Crippen molar-refractivity contribution in [3.63, 3.8) is 0 Å². The molecule has 1 fully saturated rings. The number of nitrogens with two attached hydrogens (primary N) is 1. The molecule has 8 heteroatoms. The maximum absolute atomic E-state index is 11.8. The second-order valence-electron chi connectivity index (χ2n) is 5.76. The molecule has 7 nitrogen and oxygen atoms in total. The summed E-state index contributed by atoms with van der Waals surface area (Å²) in [6.07, 6.45) is 2.96. The third kappa shape index (κ3) is 4.49. The van der Waals surface area contributed by atoms with Crippen LogP contribution in [0.3, 0.4) is 0 Å². The first-order chi connectivity index (χ1) is 10.3. The highest BCUT2D eigenvalue weighted by Crippen LogP contribution is 2.15. The summed E-state index contributed by atoms with van der Waals surface area (Å²) in [5.41, 5.74) is 7.39. The fraction of sp³-hybridized carbons (Fsp3) is 0.571. The summed E-state index contributed by atoms with van der Waals surface area (Å²) in [6, 6.07) is 3.92. The molecule has 1 atom stereocenters. The van der Waals surface area contributed by atoms with Crippen molar-refractivity contribution >= 4 is 15.9 Å². The Labute approximate surface area is 131 Å². The van der Waals surface area contributed by atoms with Gasteiger partial charge in [-0.2, -0.15) is 0 Å². The Balaban J connectivity index is 2.12. The fourth-order valence-electron chi connectivity index (χ4n) is 2.53. The monoisotopic (exact) mass is 326 g/mol. The Morgan fingerprint density at radius 2 is 2.09 bits per heavy atom. The molecule has 1 aliphatic rings. The Kier molecular flexibility index (Phi) is 5.15. The molecule has 2 N–H and O–H groups in total. The van der Waals surface area contributed by atoms with Gasteiger partial charge < -0.3 is 5.73 Å². The first-order valence-electron chi connectivity index (χ1n) is 7.14. The number of pyridine rings is 1. The standard InChI is InChI=1S/C14H22N4O3S/c1-11-3-4-12(7-16-11)8-17-5-6-18(22(2,20)21)10-13(9-17)14(15)19/h3-4,7,13H,5-6,8-10H2,1-2H3,(H2,15,19). The molecule has 1 aromatic heterocycles. The van der Waals surface area contributed by atoms with Gasteiger partial charge in [0.05, 0.1) is 12.2 Å². The van der Waals surface area contributed by atoms with E-state index < -0.39 is 21.8 Å². The molecule has 22 heavy (non-hydrogen) atoms. The van der Waals surface area contributed by atoms with Crippen LogP contribution in [0.4, 0.5) is 0 Å². The van der Waals surface area contributed by atoms with Crippen LogP contribution < -0.4 is 5.73 Å². The smallest absolute Gasteiger partial charge is 0.223 e. The van der Waals surface area contributed by atoms with E-state index in [0.29, 0.717) is 26.2 Å². The number of hydrogen-bond donors (Lipinski definition) is 1. The molecule has 1 aromatic rings. The van der Waals surface area contributed by atoms with Gasteiger partial charge in [0.15, 0.2) is 0 Å². The average Bonchev–Trinajstić information content (AvgIpc) is 2.64. The van der Waals surface area contributed by atoms with Crippen LogP contribution in [0.2, 0.25) is 0 Å². The van der Waals surface area contributed by atoms with Gasteiger partial charge in [-0.05, 0) is 18.6 Å². The molecule has 0 spiro atoms. The van der Waals surface area contributed by atoms with Crippen molar-refractivity contribution in [1.82, 2.24) is 14.2 Å². The van der Waals surface area contributed by atoms with Crippen LogP contribution in [-0.4, -0.2) is 60.9 Å². The summed E-state index contributed by atoms with van der Waals surface area (Å²) in [7, 11) is -3.33. The van der Waals surface area contributed by atoms with Crippen LogP contribution in [0.15, 0.2) is 18.3 Å². The highest BCUT2D eigenvalue weighted by atomic mass is 32.2. The summed E-state index contributed by atoms with van der Waals surface area (Å²) in [5, 5.41) is 0. The number of carbonyl (C=O) groups excluding carboxylic acids is 1. The molecule has 0 saturated carbocycles. The lowest BCUT2D eigenvalue weighted by atomic mass is 10.1. The Morgan fingerprint density at radius 1 is 1.36 bits per heavy atom. The van der Waals surface area contributed by atoms with E-state index in [0.717, 1.165) is 17.5 Å². The molecule has 122 valence electrons. The first kappa shape index (κ1) is 16.9. The summed E-state index contributed by atoms with van der Waals surface area (Å²) >= 11 is 0. The minimum atomic E-state index is -3.33. The van der Waals surface area contributed by atoms with Gasteiger partial charge in [0.1, 0.15) is 0 Å². The second-order valence-corrected chi connectivity index (χ2v) is 7.75. The lowest BCUT2D eigenvalue weighted by Gasteiger charge is -2.22. The van der Waals surface area contributed by atoms with Gasteiger partial charge in [0.25, 0.3) is 0 Å². The molecule has 1 aliphatic heterocycles. The molecule has 0 bridgehead atoms. The third-order valence-corrected chi connectivity index (χ3v) is 5.09. The molecular formula is C14H22N4O3S. The van der Waals surface area contributed by atoms with E-state index >= 15 is 0 Å². The first-order valence-corrected chi connectivity index (χ1v) is 8.99. The number of hydrogen-bond acceptors (Lipinski definition) is 5. The number of aromatic nitrogens is 1. The topological polar surface area (TPSA) is 96.6 Å². The number of amides is 1. The van der Waals surface area contributed by atoms with Crippen LogP contribution in [0, 0.1) is 12.8 Å². The van der Waals surface area contributed by atoms with Crippen molar-refractivity contribution in [2.75, 3.05) is 32.4 Å². The number of rotatable bonds is 4. The number of aryl methyl sites for hydroxylation is 1. The zero-order chi connectivity index (χ0) is 16.3. The maximum Gasteiger partial charge on any atom is 0.223 e. The normalized spacial score (nSPS) is 21.5. The quantitative estimate of drug-likeness (QED) is 0.810. The largest absolute Gasteiger partial charge is 0.369 e. The maximum atomic E-state index is 11.8. The molecule has 0 aromatic carbocycles. The van der Waals surface area contributed by atoms with Crippen molar-refractivity contribution < 1.29 is 13.2 Å². The number of carbonyl (C=O) groups is 1. The van der Waals surface area contributed by atoms with Crippen molar-refractivity contribution in [2.24, 2.45) is 11.7 Å². The summed E-state index contributed by atoms with van der Waals surface area (Å²) in [6.45, 7) is 4.07. The Hall–Kier alpha value is -1.51. The number of sulfonamides is 1. The average molecular weight is 326 g/mol. The molecule has 2 heterocycles. The van der Waals surface area contributed by atoms with E-state index in [9.17, 15) is 13.2 Å². The van der Waals surface area contributed by atoms with Crippen molar-refractivity contribution in [3.8, 4) is 0 Å². The predicted molar refractivity (Wildman–Crippen MR) is 83.4 cm³/mol. The highest BCUT2D eigenvalue weighted by Gasteiger charge is 2.30. The lowest BCUT2D eigenvalue weighted by Crippen LogP contribution is -2.40. The summed E-state index contributed by atoms with van der Waals surface area (Å²) in [5.74, 6) is -0.974. The van der Waals surface area contributed by atoms with Crippen LogP contribution in [0.1, 0.15) is 11.3 Å². The van der Waals surface area contributed by atoms with Gasteiger partial charge in [-0.1, -0.05) is 6.07 Å². The second kappa shape index (κ2) is 6.72. The molecule has 1 amide bonds. The molecule has 0 radical (unpaired) electrons. The van der Waals surface area contributed by atoms with Crippen molar-refractivity contribution in [1.29, 1.82) is 0 Å². The zero-order valence-electron chi connectivity index (χ0n) is 12.9. The summed E-state index contributed by atoms with van der Waals surface area (Å²) < 4.78 is 24.8. The van der Waals surface area contributed by atoms with Gasteiger partial charge in [0.2, 0.25) is 15.9 Å². The van der Waals surface area contributed by atoms with Crippen LogP contribution >= 0.6 is 0 Å². The van der Waals surface area contributed by atoms with E-state index in [2.05, 4.69) is 4.98 Å². The van der Waals surface area contributed by atoms with Gasteiger partial charge in [-0.3, -0.25) is 14.7 Å². The van der Waals surface area contributed by atoms with Gasteiger partial charge >= 0.3 is 0 Å². The van der Waals surface area contributed by atoms with Crippen molar-refractivity contribution in [3.05, 3.63) is 29.6 Å². The number of primary amides is 1. The van der Waals surface area contributed by atoms with Crippen LogP contribution in [0.5, 0.6) is 0 Å². The molecule has 1 saturated heterocycles. The third-order valence-electron chi connectivity index (χ3n) is 3.82. The molecule has 1 unspecified atom stereocenters. The Bertz CT molecular complexity index is 630. The lowest BCUT2D eigenvalue weighted by molar-refractivity contribution is -0.122. The summed E-state index contributed by atoms with van der Waals surface area (Å²) in [4.78, 5) is 17.9. The molecule has 0 aliphatic carbocycles. The number of nitrogens with zero attached hydrogens (tertiary/aromatic N) is 3. The van der Waals surface area contributed by atoms with E-state index in [4.69, 9.17) is 5.73 Å². The molecular weight excluding hydrogens is 304 g/mol. The van der Waals surface area contributed by atoms with Crippen LogP contribution in [-0.2, 0) is 21.4 Å². The van der Waals surface area contributed by atoms with E-state index in [1.54, 1.807) is 6.20 Å². The van der Waals surface area contributed by atoms with E-state index in [1.807, 2.05) is 24.0 Å². The van der Waals surface area contributed by atoms with Gasteiger partial charge in [-0.15, -0.1) is 0 Å². The SMILES string of the molecule is Cc1ccc(CN2CCN(S(C)(=O)=O)CC(C(N)=O)C2)cn1. The van der Waals surface area contributed by atoms with Crippen LogP contribution in [0.25, 0.3) is 0 Å². The zero-order valence-corrected chi connectivity index (χ0v) is 13.7. The highest BCUT2D eigenvalue weighted by molar-refractivity contribution is 7.88.